The van der Waals surface area contributed by atoms with Gasteiger partial charge >= 0.3 is 0 Å². The number of hydroxylamine groups is 1. The number of nitrogens with one attached hydrogen (secondary N) is 1. The van der Waals surface area contributed by atoms with Gasteiger partial charge in [0.25, 0.3) is 0 Å². The van der Waals surface area contributed by atoms with Gasteiger partial charge in [-0.2, -0.15) is 0 Å². The summed E-state index contributed by atoms with van der Waals surface area (Å²) in [5.74, 6) is 0. The molecule has 0 aliphatic carbocycles. The smallest absolute Gasteiger partial charge is 0.165 e. The fourth-order valence-corrected chi connectivity index (χ4v) is 0.193. The van der Waals surface area contributed by atoms with E-state index >= 15 is 0 Å². The summed E-state index contributed by atoms with van der Waals surface area (Å²) in [7, 11) is 0. The molecule has 0 aromatic heterocycles. The molecule has 2 nitrogen and oxygen atoms in total. The standard InChI is InChI=1S/C3H5NOS2/c1-2-5-4-3(6)7/h2H,1H2,(H2,4,6,7). The maximum absolute atomic E-state index is 4.44. The zero-order valence-electron chi connectivity index (χ0n) is 3.55. The van der Waals surface area contributed by atoms with Crippen molar-refractivity contribution in [3.05, 3.63) is 12.8 Å². The van der Waals surface area contributed by atoms with Crippen molar-refractivity contribution in [1.29, 1.82) is 0 Å². The number of thiol groups is 1. The number of rotatable bonds is 2. The van der Waals surface area contributed by atoms with E-state index in [-0.39, 0.29) is 0 Å². The molecule has 0 fully saturated rings. The maximum atomic E-state index is 4.44. The summed E-state index contributed by atoms with van der Waals surface area (Å²) in [6.45, 7) is 3.25. The van der Waals surface area contributed by atoms with E-state index in [1.807, 2.05) is 0 Å². The van der Waals surface area contributed by atoms with Gasteiger partial charge in [-0.1, -0.05) is 6.58 Å². The summed E-state index contributed by atoms with van der Waals surface area (Å²) in [6, 6.07) is 0. The highest BCUT2D eigenvalue weighted by atomic mass is 32.1. The Kier molecular flexibility index (Phi) is 3.83. The second kappa shape index (κ2) is 3.95. The third-order valence-electron chi connectivity index (χ3n) is 0.230. The van der Waals surface area contributed by atoms with Crippen LogP contribution in [0.15, 0.2) is 12.8 Å². The molecule has 0 amide bonds. The van der Waals surface area contributed by atoms with Crippen LogP contribution in [0.5, 0.6) is 0 Å². The van der Waals surface area contributed by atoms with Crippen LogP contribution in [-0.4, -0.2) is 4.32 Å². The molecule has 0 spiro atoms. The Bertz CT molecular complexity index is 83.0. The fraction of sp³-hybridized carbons (Fsp3) is 0. The highest BCUT2D eigenvalue weighted by Gasteiger charge is 1.77. The van der Waals surface area contributed by atoms with Crippen molar-refractivity contribution in [2.45, 2.75) is 0 Å². The number of thiocarbonyl (C=S) groups is 1. The third-order valence-corrected chi connectivity index (χ3v) is 0.404. The van der Waals surface area contributed by atoms with Crippen molar-refractivity contribution < 1.29 is 4.84 Å². The molecule has 0 saturated carbocycles. The average molecular weight is 135 g/mol. The van der Waals surface area contributed by atoms with E-state index in [1.54, 1.807) is 0 Å². The van der Waals surface area contributed by atoms with E-state index in [9.17, 15) is 0 Å². The molecule has 0 aliphatic rings. The van der Waals surface area contributed by atoms with Gasteiger partial charge in [0.1, 0.15) is 6.26 Å². The van der Waals surface area contributed by atoms with Crippen LogP contribution < -0.4 is 5.48 Å². The molecule has 0 radical (unpaired) electrons. The molecule has 40 valence electrons. The van der Waals surface area contributed by atoms with E-state index in [1.165, 1.54) is 6.26 Å². The maximum Gasteiger partial charge on any atom is 0.165 e. The average Bonchev–Trinajstić information content (AvgIpc) is 1.61. The van der Waals surface area contributed by atoms with Crippen molar-refractivity contribution in [3.63, 3.8) is 0 Å². The minimum Gasteiger partial charge on any atom is -0.389 e. The lowest BCUT2D eigenvalue weighted by Gasteiger charge is -1.95. The molecule has 0 saturated heterocycles. The molecule has 7 heavy (non-hydrogen) atoms. The van der Waals surface area contributed by atoms with E-state index in [0.717, 1.165) is 0 Å². The van der Waals surface area contributed by atoms with Crippen molar-refractivity contribution in [2.24, 2.45) is 0 Å². The van der Waals surface area contributed by atoms with E-state index in [2.05, 4.69) is 41.7 Å². The summed E-state index contributed by atoms with van der Waals surface area (Å²) in [5, 5.41) is 0. The van der Waals surface area contributed by atoms with Crippen LogP contribution in [0.2, 0.25) is 0 Å². The minimum atomic E-state index is 0.292. The largest absolute Gasteiger partial charge is 0.389 e. The molecule has 0 atom stereocenters. The van der Waals surface area contributed by atoms with Crippen LogP contribution in [-0.2, 0) is 4.84 Å². The first-order valence-corrected chi connectivity index (χ1v) is 2.38. The zero-order valence-corrected chi connectivity index (χ0v) is 5.26. The van der Waals surface area contributed by atoms with Gasteiger partial charge in [-0.3, -0.25) is 0 Å². The Hall–Kier alpha value is -0.220. The molecule has 0 aromatic carbocycles. The summed E-state index contributed by atoms with van der Waals surface area (Å²) in [6.07, 6.45) is 1.22. The first-order valence-electron chi connectivity index (χ1n) is 1.53. The van der Waals surface area contributed by atoms with E-state index in [0.29, 0.717) is 4.32 Å². The van der Waals surface area contributed by atoms with Gasteiger partial charge in [0, 0.05) is 0 Å². The van der Waals surface area contributed by atoms with Crippen LogP contribution in [0.25, 0.3) is 0 Å². The van der Waals surface area contributed by atoms with Crippen molar-refractivity contribution in [2.75, 3.05) is 0 Å². The highest BCUT2D eigenvalue weighted by molar-refractivity contribution is 8.10. The van der Waals surface area contributed by atoms with E-state index < -0.39 is 0 Å². The Labute approximate surface area is 52.9 Å². The van der Waals surface area contributed by atoms with Gasteiger partial charge in [0.2, 0.25) is 0 Å². The van der Waals surface area contributed by atoms with Crippen molar-refractivity contribution >= 4 is 29.2 Å². The van der Waals surface area contributed by atoms with Gasteiger partial charge in [0.05, 0.1) is 0 Å². The molecule has 1 N–H and O–H groups in total. The normalized spacial score (nSPS) is 7.00. The first kappa shape index (κ1) is 6.78. The molecule has 0 aromatic rings. The van der Waals surface area contributed by atoms with Crippen LogP contribution in [0.3, 0.4) is 0 Å². The minimum absolute atomic E-state index is 0.292. The second-order valence-electron chi connectivity index (χ2n) is 0.692. The van der Waals surface area contributed by atoms with Crippen LogP contribution in [0.4, 0.5) is 0 Å². The molecule has 0 aliphatic heterocycles. The Morgan fingerprint density at radius 3 is 2.71 bits per heavy atom. The number of hydrogen-bond donors (Lipinski definition) is 2. The first-order chi connectivity index (χ1) is 3.27. The monoisotopic (exact) mass is 135 g/mol. The Balaban J connectivity index is 2.97. The summed E-state index contributed by atoms with van der Waals surface area (Å²) < 4.78 is 0.292. The summed E-state index contributed by atoms with van der Waals surface area (Å²) in [5.41, 5.74) is 2.27. The molecule has 4 heteroatoms. The second-order valence-corrected chi connectivity index (χ2v) is 1.85. The van der Waals surface area contributed by atoms with Crippen molar-refractivity contribution in [1.82, 2.24) is 5.48 Å². The molecular weight excluding hydrogens is 130 g/mol. The molecular formula is C3H5NOS2. The van der Waals surface area contributed by atoms with Gasteiger partial charge < -0.3 is 4.84 Å². The Morgan fingerprint density at radius 1 is 2.00 bits per heavy atom. The quantitative estimate of drug-likeness (QED) is 0.254. The molecule has 0 bridgehead atoms. The van der Waals surface area contributed by atoms with Crippen LogP contribution in [0, 0.1) is 0 Å². The zero-order chi connectivity index (χ0) is 5.70. The summed E-state index contributed by atoms with van der Waals surface area (Å²) in [4.78, 5) is 4.39. The van der Waals surface area contributed by atoms with Gasteiger partial charge in [0.15, 0.2) is 4.32 Å². The van der Waals surface area contributed by atoms with Crippen LogP contribution >= 0.6 is 24.8 Å². The fourth-order valence-electron chi connectivity index (χ4n) is 0.0921. The van der Waals surface area contributed by atoms with Gasteiger partial charge in [-0.15, -0.1) is 12.6 Å². The molecule has 0 heterocycles. The Morgan fingerprint density at radius 2 is 2.57 bits per heavy atom. The predicted molar refractivity (Wildman–Crippen MR) is 36.0 cm³/mol. The number of hydrogen-bond acceptors (Lipinski definition) is 2. The third kappa shape index (κ3) is 5.78. The molecule has 0 unspecified atom stereocenters. The lowest BCUT2D eigenvalue weighted by molar-refractivity contribution is 0.200. The highest BCUT2D eigenvalue weighted by Crippen LogP contribution is 1.75. The van der Waals surface area contributed by atoms with Gasteiger partial charge in [-0.25, -0.2) is 5.48 Å². The van der Waals surface area contributed by atoms with Gasteiger partial charge in [-0.05, 0) is 12.2 Å². The molecule has 0 rings (SSSR count). The topological polar surface area (TPSA) is 21.3 Å². The lowest BCUT2D eigenvalue weighted by atomic mass is 11.2. The summed E-state index contributed by atoms with van der Waals surface area (Å²) >= 11 is 8.12. The van der Waals surface area contributed by atoms with E-state index in [4.69, 9.17) is 0 Å². The lowest BCUT2D eigenvalue weighted by Crippen LogP contribution is -2.12. The predicted octanol–water partition coefficient (Wildman–Crippen LogP) is 0.866. The van der Waals surface area contributed by atoms with Crippen molar-refractivity contribution in [3.8, 4) is 0 Å². The van der Waals surface area contributed by atoms with Crippen LogP contribution in [0.1, 0.15) is 0 Å². The SMILES string of the molecule is C=CONC(=S)S.